The number of hydrogen-bond acceptors (Lipinski definition) is 4. The molecular formula is C18H22FN3O2. The molecule has 1 amide bonds. The Balaban J connectivity index is 2.05. The lowest BCUT2D eigenvalue weighted by Gasteiger charge is -2.10. The first-order valence-electron chi connectivity index (χ1n) is 7.98. The van der Waals surface area contributed by atoms with E-state index in [-0.39, 0.29) is 16.9 Å². The molecule has 0 saturated heterocycles. The van der Waals surface area contributed by atoms with Crippen molar-refractivity contribution in [2.45, 2.75) is 33.1 Å². The van der Waals surface area contributed by atoms with Gasteiger partial charge < -0.3 is 15.8 Å². The number of ether oxygens (including phenoxy) is 1. The molecule has 1 heterocycles. The van der Waals surface area contributed by atoms with E-state index in [1.807, 2.05) is 6.07 Å². The Labute approximate surface area is 141 Å². The molecule has 0 aliphatic heterocycles. The second-order valence-corrected chi connectivity index (χ2v) is 5.57. The number of benzene rings is 1. The second kappa shape index (κ2) is 8.29. The molecule has 24 heavy (non-hydrogen) atoms. The van der Waals surface area contributed by atoms with Gasteiger partial charge in [-0.1, -0.05) is 25.8 Å². The number of halogens is 1. The Hall–Kier alpha value is -2.63. The van der Waals surface area contributed by atoms with Crippen molar-refractivity contribution in [1.29, 1.82) is 0 Å². The number of nitrogen functional groups attached to an aromatic ring is 1. The molecule has 1 aromatic carbocycles. The lowest BCUT2D eigenvalue weighted by Crippen LogP contribution is -2.16. The predicted molar refractivity (Wildman–Crippen MR) is 92.8 cm³/mol. The van der Waals surface area contributed by atoms with Gasteiger partial charge in [-0.3, -0.25) is 4.79 Å². The molecule has 0 unspecified atom stereocenters. The van der Waals surface area contributed by atoms with Crippen LogP contribution in [0.2, 0.25) is 0 Å². The first-order chi connectivity index (χ1) is 11.5. The molecule has 0 atom stereocenters. The van der Waals surface area contributed by atoms with Gasteiger partial charge in [-0.05, 0) is 31.5 Å². The lowest BCUT2D eigenvalue weighted by molar-refractivity contribution is 0.102. The minimum Gasteiger partial charge on any atom is -0.494 e. The van der Waals surface area contributed by atoms with Gasteiger partial charge in [0, 0.05) is 17.3 Å². The molecule has 0 aliphatic rings. The van der Waals surface area contributed by atoms with Crippen molar-refractivity contribution >= 4 is 17.4 Å². The zero-order valence-electron chi connectivity index (χ0n) is 13.9. The third-order valence-electron chi connectivity index (χ3n) is 3.53. The summed E-state index contributed by atoms with van der Waals surface area (Å²) in [7, 11) is 0. The van der Waals surface area contributed by atoms with Gasteiger partial charge in [0.2, 0.25) is 5.95 Å². The van der Waals surface area contributed by atoms with Crippen molar-refractivity contribution in [3.8, 4) is 5.75 Å². The maximum atomic E-state index is 13.3. The number of carbonyl (C=O) groups is 1. The van der Waals surface area contributed by atoms with E-state index in [9.17, 15) is 9.18 Å². The Morgan fingerprint density at radius 3 is 2.88 bits per heavy atom. The van der Waals surface area contributed by atoms with Gasteiger partial charge in [0.1, 0.15) is 11.6 Å². The van der Waals surface area contributed by atoms with Crippen molar-refractivity contribution in [2.24, 2.45) is 0 Å². The monoisotopic (exact) mass is 331 g/mol. The zero-order valence-corrected chi connectivity index (χ0v) is 13.9. The normalized spacial score (nSPS) is 10.5. The SMILES string of the molecule is CCCCCOc1cccc(NC(=O)c2cc(C)c(F)nc2N)c1. The lowest BCUT2D eigenvalue weighted by atomic mass is 10.1. The van der Waals surface area contributed by atoms with Crippen LogP contribution < -0.4 is 15.8 Å². The number of amides is 1. The molecule has 2 rings (SSSR count). The van der Waals surface area contributed by atoms with Gasteiger partial charge in [-0.15, -0.1) is 0 Å². The highest BCUT2D eigenvalue weighted by atomic mass is 19.1. The number of nitrogens with zero attached hydrogens (tertiary/aromatic N) is 1. The van der Waals surface area contributed by atoms with Crippen molar-refractivity contribution < 1.29 is 13.9 Å². The fourth-order valence-electron chi connectivity index (χ4n) is 2.19. The van der Waals surface area contributed by atoms with Crippen molar-refractivity contribution in [3.05, 3.63) is 47.4 Å². The fraction of sp³-hybridized carbons (Fsp3) is 0.333. The molecule has 0 saturated carbocycles. The molecule has 0 spiro atoms. The molecule has 0 radical (unpaired) electrons. The third kappa shape index (κ3) is 4.68. The quantitative estimate of drug-likeness (QED) is 0.595. The van der Waals surface area contributed by atoms with Gasteiger partial charge in [0.25, 0.3) is 5.91 Å². The van der Waals surface area contributed by atoms with Crippen LogP contribution in [-0.4, -0.2) is 17.5 Å². The number of pyridine rings is 1. The van der Waals surface area contributed by atoms with Crippen molar-refractivity contribution in [3.63, 3.8) is 0 Å². The largest absolute Gasteiger partial charge is 0.494 e. The number of aromatic nitrogens is 1. The minimum absolute atomic E-state index is 0.137. The van der Waals surface area contributed by atoms with E-state index >= 15 is 0 Å². The van der Waals surface area contributed by atoms with Gasteiger partial charge >= 0.3 is 0 Å². The van der Waals surface area contributed by atoms with Crippen LogP contribution in [0.1, 0.15) is 42.1 Å². The predicted octanol–water partition coefficient (Wildman–Crippen LogP) is 3.93. The molecule has 0 aliphatic carbocycles. The summed E-state index contributed by atoms with van der Waals surface area (Å²) in [5, 5.41) is 2.73. The Morgan fingerprint density at radius 2 is 2.12 bits per heavy atom. The summed E-state index contributed by atoms with van der Waals surface area (Å²) in [5.74, 6) is -0.564. The Kier molecular flexibility index (Phi) is 6.12. The van der Waals surface area contributed by atoms with Crippen LogP contribution in [0.3, 0.4) is 0 Å². The average Bonchev–Trinajstić information content (AvgIpc) is 2.55. The van der Waals surface area contributed by atoms with Crippen LogP contribution in [0.4, 0.5) is 15.9 Å². The van der Waals surface area contributed by atoms with E-state index in [4.69, 9.17) is 10.5 Å². The number of nitrogens with two attached hydrogens (primary N) is 1. The van der Waals surface area contributed by atoms with Crippen molar-refractivity contribution in [1.82, 2.24) is 4.98 Å². The maximum Gasteiger partial charge on any atom is 0.259 e. The number of anilines is 2. The minimum atomic E-state index is -0.675. The molecule has 5 nitrogen and oxygen atoms in total. The highest BCUT2D eigenvalue weighted by Crippen LogP contribution is 2.20. The number of hydrogen-bond donors (Lipinski definition) is 2. The number of unbranched alkanes of at least 4 members (excludes halogenated alkanes) is 2. The van der Waals surface area contributed by atoms with E-state index in [0.29, 0.717) is 18.0 Å². The second-order valence-electron chi connectivity index (χ2n) is 5.57. The average molecular weight is 331 g/mol. The Bertz CT molecular complexity index is 719. The number of rotatable bonds is 7. The fourth-order valence-corrected chi connectivity index (χ4v) is 2.19. The highest BCUT2D eigenvalue weighted by Gasteiger charge is 2.14. The summed E-state index contributed by atoms with van der Waals surface area (Å²) in [6, 6.07) is 8.50. The summed E-state index contributed by atoms with van der Waals surface area (Å²) < 4.78 is 19.0. The smallest absolute Gasteiger partial charge is 0.259 e. The van der Waals surface area contributed by atoms with Crippen LogP contribution >= 0.6 is 0 Å². The maximum absolute atomic E-state index is 13.3. The summed E-state index contributed by atoms with van der Waals surface area (Å²) in [4.78, 5) is 15.9. The third-order valence-corrected chi connectivity index (χ3v) is 3.53. The molecule has 128 valence electrons. The van der Waals surface area contributed by atoms with Crippen molar-refractivity contribution in [2.75, 3.05) is 17.7 Å². The first kappa shape index (κ1) is 17.7. The van der Waals surface area contributed by atoms with Crippen LogP contribution in [0.5, 0.6) is 5.75 Å². The molecule has 2 aromatic rings. The molecular weight excluding hydrogens is 309 g/mol. The molecule has 0 fully saturated rings. The van der Waals surface area contributed by atoms with E-state index in [2.05, 4.69) is 17.2 Å². The van der Waals surface area contributed by atoms with Gasteiger partial charge in [-0.25, -0.2) is 4.98 Å². The molecule has 3 N–H and O–H groups in total. The number of carbonyl (C=O) groups excluding carboxylic acids is 1. The van der Waals surface area contributed by atoms with Gasteiger partial charge in [0.15, 0.2) is 0 Å². The van der Waals surface area contributed by atoms with Crippen LogP contribution in [0.15, 0.2) is 30.3 Å². The van der Waals surface area contributed by atoms with E-state index < -0.39 is 11.9 Å². The molecule has 1 aromatic heterocycles. The van der Waals surface area contributed by atoms with Crippen LogP contribution in [0.25, 0.3) is 0 Å². The zero-order chi connectivity index (χ0) is 17.5. The number of aryl methyl sites for hydroxylation is 1. The van der Waals surface area contributed by atoms with E-state index in [0.717, 1.165) is 19.3 Å². The Morgan fingerprint density at radius 1 is 1.33 bits per heavy atom. The topological polar surface area (TPSA) is 77.2 Å². The summed E-state index contributed by atoms with van der Waals surface area (Å²) in [5.41, 5.74) is 6.62. The van der Waals surface area contributed by atoms with Crippen LogP contribution in [0, 0.1) is 12.9 Å². The number of nitrogens with one attached hydrogen (secondary N) is 1. The first-order valence-corrected chi connectivity index (χ1v) is 7.98. The summed E-state index contributed by atoms with van der Waals surface area (Å²) in [6.07, 6.45) is 3.24. The standard InChI is InChI=1S/C18H22FN3O2/c1-3-4-5-9-24-14-8-6-7-13(11-14)21-18(23)15-10-12(2)16(19)22-17(15)20/h6-8,10-11H,3-5,9H2,1-2H3,(H2,20,22)(H,21,23). The highest BCUT2D eigenvalue weighted by molar-refractivity contribution is 6.07. The van der Waals surface area contributed by atoms with E-state index in [1.165, 1.54) is 13.0 Å². The summed E-state index contributed by atoms with van der Waals surface area (Å²) in [6.45, 7) is 4.30. The summed E-state index contributed by atoms with van der Waals surface area (Å²) >= 11 is 0. The van der Waals surface area contributed by atoms with Gasteiger partial charge in [-0.2, -0.15) is 4.39 Å². The van der Waals surface area contributed by atoms with E-state index in [1.54, 1.807) is 18.2 Å². The van der Waals surface area contributed by atoms with Gasteiger partial charge in [0.05, 0.1) is 12.2 Å². The van der Waals surface area contributed by atoms with Crippen LogP contribution in [-0.2, 0) is 0 Å². The molecule has 0 bridgehead atoms. The molecule has 6 heteroatoms.